The van der Waals surface area contributed by atoms with Crippen LogP contribution in [0.4, 0.5) is 0 Å². The smallest absolute Gasteiger partial charge is 0.266 e. The lowest BCUT2D eigenvalue weighted by molar-refractivity contribution is -0.119. The van der Waals surface area contributed by atoms with Gasteiger partial charge in [-0.2, -0.15) is 0 Å². The van der Waals surface area contributed by atoms with E-state index in [1.165, 1.54) is 37.4 Å². The Bertz CT molecular complexity index is 1100. The van der Waals surface area contributed by atoms with Gasteiger partial charge in [-0.05, 0) is 49.2 Å². The molecule has 3 aromatic rings. The second kappa shape index (κ2) is 10.0. The Morgan fingerprint density at radius 3 is 2.52 bits per heavy atom. The third-order valence-electron chi connectivity index (χ3n) is 5.63. The molecule has 0 atom stereocenters. The Morgan fingerprint density at radius 2 is 1.81 bits per heavy atom. The van der Waals surface area contributed by atoms with Crippen LogP contribution in [0.25, 0.3) is 16.6 Å². The molecule has 1 amide bonds. The van der Waals surface area contributed by atoms with E-state index in [-0.39, 0.29) is 23.3 Å². The highest BCUT2D eigenvalue weighted by atomic mass is 32.2. The molecule has 0 unspecified atom stereocenters. The lowest BCUT2D eigenvalue weighted by Gasteiger charge is -2.17. The molecular weight excluding hydrogens is 410 g/mol. The van der Waals surface area contributed by atoms with Crippen molar-refractivity contribution in [3.05, 3.63) is 58.9 Å². The normalized spacial score (nSPS) is 14.9. The number of thioether (sulfide) groups is 1. The number of nitrogens with zero attached hydrogens (tertiary/aromatic N) is 2. The summed E-state index contributed by atoms with van der Waals surface area (Å²) >= 11 is 1.29. The van der Waals surface area contributed by atoms with Gasteiger partial charge >= 0.3 is 0 Å². The van der Waals surface area contributed by atoms with Crippen molar-refractivity contribution in [1.82, 2.24) is 14.9 Å². The number of carbonyl (C=O) groups excluding carboxylic acids is 1. The molecule has 1 fully saturated rings. The highest BCUT2D eigenvalue weighted by molar-refractivity contribution is 7.99. The van der Waals surface area contributed by atoms with Crippen LogP contribution in [0.1, 0.15) is 38.5 Å². The Kier molecular flexibility index (Phi) is 6.92. The molecule has 7 heteroatoms. The van der Waals surface area contributed by atoms with Gasteiger partial charge in [0, 0.05) is 6.04 Å². The van der Waals surface area contributed by atoms with E-state index in [2.05, 4.69) is 5.32 Å². The van der Waals surface area contributed by atoms with E-state index in [1.807, 2.05) is 42.5 Å². The highest BCUT2D eigenvalue weighted by Crippen LogP contribution is 2.23. The van der Waals surface area contributed by atoms with Crippen LogP contribution in [0.15, 0.2) is 58.5 Å². The maximum absolute atomic E-state index is 13.3. The number of carbonyl (C=O) groups is 1. The van der Waals surface area contributed by atoms with E-state index < -0.39 is 0 Å². The Labute approximate surface area is 186 Å². The molecule has 4 rings (SSSR count). The quantitative estimate of drug-likeness (QED) is 0.353. The first-order chi connectivity index (χ1) is 15.2. The van der Waals surface area contributed by atoms with Gasteiger partial charge in [0.1, 0.15) is 5.75 Å². The summed E-state index contributed by atoms with van der Waals surface area (Å²) in [5, 5.41) is 4.22. The minimum atomic E-state index is -0.151. The topological polar surface area (TPSA) is 73.2 Å². The number of nitrogens with one attached hydrogen (secondary N) is 1. The van der Waals surface area contributed by atoms with Crippen molar-refractivity contribution in [3.63, 3.8) is 0 Å². The summed E-state index contributed by atoms with van der Waals surface area (Å²) < 4.78 is 6.81. The number of fused-ring (bicyclic) bond motifs is 1. The predicted molar refractivity (Wildman–Crippen MR) is 124 cm³/mol. The zero-order valence-electron chi connectivity index (χ0n) is 17.7. The molecule has 0 radical (unpaired) electrons. The monoisotopic (exact) mass is 437 g/mol. The number of para-hydroxylation sites is 1. The Morgan fingerprint density at radius 1 is 1.10 bits per heavy atom. The summed E-state index contributed by atoms with van der Waals surface area (Å²) in [6.07, 6.45) is 6.91. The van der Waals surface area contributed by atoms with E-state index in [4.69, 9.17) is 9.72 Å². The van der Waals surface area contributed by atoms with Gasteiger partial charge in [0.25, 0.3) is 5.56 Å². The molecule has 0 spiro atoms. The Balaban J connectivity index is 1.60. The summed E-state index contributed by atoms with van der Waals surface area (Å²) in [6.45, 7) is 0. The molecule has 0 aliphatic heterocycles. The molecule has 1 saturated carbocycles. The van der Waals surface area contributed by atoms with Gasteiger partial charge < -0.3 is 10.1 Å². The second-order valence-electron chi connectivity index (χ2n) is 7.79. The maximum Gasteiger partial charge on any atom is 0.266 e. The fourth-order valence-electron chi connectivity index (χ4n) is 3.99. The number of aromatic nitrogens is 2. The van der Waals surface area contributed by atoms with Crippen molar-refractivity contribution in [1.29, 1.82) is 0 Å². The van der Waals surface area contributed by atoms with Crippen LogP contribution in [0.2, 0.25) is 0 Å². The van der Waals surface area contributed by atoms with Gasteiger partial charge in [-0.1, -0.05) is 49.6 Å². The number of amides is 1. The Hall–Kier alpha value is -2.80. The standard InChI is InChI=1S/C24H27N3O3S/c1-30-19-14-12-18(13-15-19)27-23(29)20-10-6-7-11-21(20)26-24(27)31-16-22(28)25-17-8-4-2-3-5-9-17/h6-7,10-15,17H,2-5,8-9,16H2,1H3,(H,25,28). The summed E-state index contributed by atoms with van der Waals surface area (Å²) in [5.41, 5.74) is 1.17. The van der Waals surface area contributed by atoms with Crippen LogP contribution in [-0.2, 0) is 4.79 Å². The predicted octanol–water partition coefficient (Wildman–Crippen LogP) is 4.33. The largest absolute Gasteiger partial charge is 0.497 e. The van der Waals surface area contributed by atoms with Crippen LogP contribution in [-0.4, -0.2) is 34.4 Å². The second-order valence-corrected chi connectivity index (χ2v) is 8.74. The van der Waals surface area contributed by atoms with Crippen LogP contribution in [0.3, 0.4) is 0 Å². The number of hydrogen-bond acceptors (Lipinski definition) is 5. The zero-order chi connectivity index (χ0) is 21.6. The van der Waals surface area contributed by atoms with E-state index in [9.17, 15) is 9.59 Å². The number of hydrogen-bond donors (Lipinski definition) is 1. The lowest BCUT2D eigenvalue weighted by Crippen LogP contribution is -2.35. The van der Waals surface area contributed by atoms with Crippen LogP contribution >= 0.6 is 11.8 Å². The van der Waals surface area contributed by atoms with Crippen molar-refractivity contribution in [2.45, 2.75) is 49.7 Å². The van der Waals surface area contributed by atoms with Crippen molar-refractivity contribution in [2.75, 3.05) is 12.9 Å². The van der Waals surface area contributed by atoms with Crippen LogP contribution in [0.5, 0.6) is 5.75 Å². The van der Waals surface area contributed by atoms with E-state index in [1.54, 1.807) is 17.7 Å². The molecule has 1 N–H and O–H groups in total. The van der Waals surface area contributed by atoms with Crippen molar-refractivity contribution in [2.24, 2.45) is 0 Å². The minimum absolute atomic E-state index is 0.0133. The number of methoxy groups -OCH3 is 1. The van der Waals surface area contributed by atoms with Crippen molar-refractivity contribution in [3.8, 4) is 11.4 Å². The van der Waals surface area contributed by atoms with E-state index in [0.29, 0.717) is 27.5 Å². The fraction of sp³-hybridized carbons (Fsp3) is 0.375. The molecule has 1 heterocycles. The molecule has 31 heavy (non-hydrogen) atoms. The molecule has 1 aliphatic carbocycles. The summed E-state index contributed by atoms with van der Waals surface area (Å²) in [7, 11) is 1.60. The van der Waals surface area contributed by atoms with Gasteiger partial charge in [-0.3, -0.25) is 14.2 Å². The summed E-state index contributed by atoms with van der Waals surface area (Å²) in [5.74, 6) is 0.917. The molecule has 162 valence electrons. The average Bonchev–Trinajstić information content (AvgIpc) is 3.06. The van der Waals surface area contributed by atoms with Gasteiger partial charge in [0.2, 0.25) is 5.91 Å². The summed E-state index contributed by atoms with van der Waals surface area (Å²) in [6, 6.07) is 14.8. The molecular formula is C24H27N3O3S. The first kappa shape index (κ1) is 21.4. The fourth-order valence-corrected chi connectivity index (χ4v) is 4.82. The molecule has 2 aromatic carbocycles. The number of rotatable bonds is 6. The van der Waals surface area contributed by atoms with Crippen LogP contribution in [0, 0.1) is 0 Å². The maximum atomic E-state index is 13.3. The van der Waals surface area contributed by atoms with Gasteiger partial charge in [-0.15, -0.1) is 0 Å². The third-order valence-corrected chi connectivity index (χ3v) is 6.57. The molecule has 0 saturated heterocycles. The minimum Gasteiger partial charge on any atom is -0.497 e. The van der Waals surface area contributed by atoms with Crippen molar-refractivity contribution >= 4 is 28.6 Å². The first-order valence-corrected chi connectivity index (χ1v) is 11.7. The molecule has 6 nitrogen and oxygen atoms in total. The number of benzene rings is 2. The van der Waals surface area contributed by atoms with Gasteiger partial charge in [0.15, 0.2) is 5.16 Å². The number of ether oxygens (including phenoxy) is 1. The lowest BCUT2D eigenvalue weighted by atomic mass is 10.1. The first-order valence-electron chi connectivity index (χ1n) is 10.7. The van der Waals surface area contributed by atoms with Gasteiger partial charge in [-0.25, -0.2) is 4.98 Å². The van der Waals surface area contributed by atoms with Crippen LogP contribution < -0.4 is 15.6 Å². The van der Waals surface area contributed by atoms with Crippen molar-refractivity contribution < 1.29 is 9.53 Å². The molecule has 1 aliphatic rings. The molecule has 0 bridgehead atoms. The SMILES string of the molecule is COc1ccc(-n2c(SCC(=O)NC3CCCCCC3)nc3ccccc3c2=O)cc1. The molecule has 1 aromatic heterocycles. The zero-order valence-corrected chi connectivity index (χ0v) is 18.5. The highest BCUT2D eigenvalue weighted by Gasteiger charge is 2.17. The van der Waals surface area contributed by atoms with E-state index >= 15 is 0 Å². The third kappa shape index (κ3) is 5.10. The van der Waals surface area contributed by atoms with E-state index in [0.717, 1.165) is 12.8 Å². The average molecular weight is 438 g/mol. The summed E-state index contributed by atoms with van der Waals surface area (Å²) in [4.78, 5) is 30.6. The van der Waals surface area contributed by atoms with Gasteiger partial charge in [0.05, 0.1) is 29.5 Å².